The number of benzene rings is 2. The highest BCUT2D eigenvalue weighted by Gasteiger charge is 2.35. The number of pyridine rings is 2. The first-order chi connectivity index (χ1) is 18.9. The maximum absolute atomic E-state index is 13.8. The molecule has 0 fully saturated rings. The Bertz CT molecular complexity index is 1510. The van der Waals surface area contributed by atoms with E-state index in [0.717, 1.165) is 23.2 Å². The lowest BCUT2D eigenvalue weighted by molar-refractivity contribution is -0.122. The largest absolute Gasteiger partial charge is 0.324 e. The fourth-order valence-corrected chi connectivity index (χ4v) is 4.86. The van der Waals surface area contributed by atoms with E-state index in [0.29, 0.717) is 34.0 Å². The van der Waals surface area contributed by atoms with E-state index in [-0.39, 0.29) is 30.6 Å². The molecule has 4 aromatic rings. The number of ketones is 1. The van der Waals surface area contributed by atoms with Crippen molar-refractivity contribution in [2.75, 3.05) is 5.32 Å². The number of carbonyl (C=O) groups excluding carboxylic acids is 3. The van der Waals surface area contributed by atoms with Gasteiger partial charge in [0.1, 0.15) is 5.82 Å². The molecule has 1 aliphatic rings. The average molecular weight is 539 g/mol. The Morgan fingerprint density at radius 3 is 2.49 bits per heavy atom. The Morgan fingerprint density at radius 1 is 1.00 bits per heavy atom. The molecule has 0 unspecified atom stereocenters. The molecule has 0 radical (unpaired) electrons. The van der Waals surface area contributed by atoms with Crippen LogP contribution in [0.4, 0.5) is 5.82 Å². The summed E-state index contributed by atoms with van der Waals surface area (Å²) in [5.74, 6) is -0.117. The van der Waals surface area contributed by atoms with Crippen LogP contribution in [0, 0.1) is 0 Å². The van der Waals surface area contributed by atoms with Gasteiger partial charge in [-0.05, 0) is 71.6 Å². The minimum Gasteiger partial charge on any atom is -0.324 e. The molecule has 0 saturated heterocycles. The van der Waals surface area contributed by atoms with Crippen molar-refractivity contribution in [1.82, 2.24) is 14.9 Å². The number of hydrogen-bond donors (Lipinski definition) is 1. The Balaban J connectivity index is 1.39. The summed E-state index contributed by atoms with van der Waals surface area (Å²) in [5.41, 5.74) is 4.16. The highest BCUT2D eigenvalue weighted by molar-refractivity contribution is 6.30. The molecule has 196 valence electrons. The fourth-order valence-electron chi connectivity index (χ4n) is 4.67. The molecule has 39 heavy (non-hydrogen) atoms. The van der Waals surface area contributed by atoms with Crippen molar-refractivity contribution in [3.05, 3.63) is 124 Å². The number of fused-ring (bicyclic) bond motifs is 1. The van der Waals surface area contributed by atoms with Crippen molar-refractivity contribution in [1.29, 1.82) is 0 Å². The fraction of sp³-hybridized carbons (Fsp3) is 0.194. The molecule has 5 rings (SSSR count). The van der Waals surface area contributed by atoms with Crippen LogP contribution >= 0.6 is 11.6 Å². The summed E-state index contributed by atoms with van der Waals surface area (Å²) in [4.78, 5) is 50.3. The van der Waals surface area contributed by atoms with Gasteiger partial charge in [0.05, 0.1) is 6.04 Å². The zero-order chi connectivity index (χ0) is 27.4. The summed E-state index contributed by atoms with van der Waals surface area (Å²) in [7, 11) is 0. The molecule has 3 heterocycles. The number of nitrogens with zero attached hydrogens (tertiary/aromatic N) is 3. The molecular formula is C31H27ClN4O3. The SMILES string of the molecule is CCc1ccc(NC(=O)c2ccc(CN3C(=O)c4ccc(Cl)cc4CC(=O)[C@H]3Cc3ccccn3)cc2)nc1. The van der Waals surface area contributed by atoms with E-state index in [9.17, 15) is 14.4 Å². The molecule has 8 heteroatoms. The number of nitrogens with one attached hydrogen (secondary N) is 1. The number of aryl methyl sites for hydroxylation is 1. The second-order valence-corrected chi connectivity index (χ2v) is 9.91. The van der Waals surface area contributed by atoms with Gasteiger partial charge in [0.2, 0.25) is 0 Å². The molecule has 0 bridgehead atoms. The smallest absolute Gasteiger partial charge is 0.256 e. The molecule has 7 nitrogen and oxygen atoms in total. The summed E-state index contributed by atoms with van der Waals surface area (Å²) in [6.07, 6.45) is 4.70. The monoisotopic (exact) mass is 538 g/mol. The van der Waals surface area contributed by atoms with Gasteiger partial charge in [-0.3, -0.25) is 19.4 Å². The van der Waals surface area contributed by atoms with Crippen molar-refractivity contribution in [3.63, 3.8) is 0 Å². The molecule has 1 N–H and O–H groups in total. The molecule has 1 aliphatic heterocycles. The third-order valence-electron chi connectivity index (χ3n) is 6.84. The summed E-state index contributed by atoms with van der Waals surface area (Å²) in [5, 5.41) is 3.29. The van der Waals surface area contributed by atoms with E-state index in [2.05, 4.69) is 15.3 Å². The van der Waals surface area contributed by atoms with Crippen molar-refractivity contribution in [3.8, 4) is 0 Å². The van der Waals surface area contributed by atoms with Crippen molar-refractivity contribution in [2.24, 2.45) is 0 Å². The molecule has 0 saturated carbocycles. The van der Waals surface area contributed by atoms with Gasteiger partial charge in [-0.25, -0.2) is 4.98 Å². The lowest BCUT2D eigenvalue weighted by Gasteiger charge is -2.29. The number of aromatic nitrogens is 2. The molecule has 2 aromatic carbocycles. The second kappa shape index (κ2) is 11.6. The van der Waals surface area contributed by atoms with Crippen LogP contribution in [0.15, 0.2) is 85.2 Å². The van der Waals surface area contributed by atoms with Crippen molar-refractivity contribution >= 4 is 35.0 Å². The highest BCUT2D eigenvalue weighted by atomic mass is 35.5. The van der Waals surface area contributed by atoms with Gasteiger partial charge in [0, 0.05) is 53.6 Å². The van der Waals surface area contributed by atoms with Gasteiger partial charge < -0.3 is 10.2 Å². The second-order valence-electron chi connectivity index (χ2n) is 9.47. The summed E-state index contributed by atoms with van der Waals surface area (Å²) in [6.45, 7) is 2.24. The average Bonchev–Trinajstić information content (AvgIpc) is 3.04. The van der Waals surface area contributed by atoms with E-state index < -0.39 is 6.04 Å². The minimum atomic E-state index is -0.696. The lowest BCUT2D eigenvalue weighted by atomic mass is 9.99. The van der Waals surface area contributed by atoms with Crippen LogP contribution in [0.1, 0.15) is 50.0 Å². The van der Waals surface area contributed by atoms with E-state index in [1.54, 1.807) is 65.8 Å². The van der Waals surface area contributed by atoms with Crippen LogP contribution in [0.3, 0.4) is 0 Å². The molecule has 0 spiro atoms. The number of amides is 2. The van der Waals surface area contributed by atoms with Crippen LogP contribution < -0.4 is 5.32 Å². The Hall–Kier alpha value is -4.36. The molecule has 0 aliphatic carbocycles. The summed E-state index contributed by atoms with van der Waals surface area (Å²) < 4.78 is 0. The van der Waals surface area contributed by atoms with Crippen LogP contribution in [0.2, 0.25) is 5.02 Å². The van der Waals surface area contributed by atoms with Gasteiger partial charge in [0.15, 0.2) is 5.78 Å². The first kappa shape index (κ1) is 26.3. The Labute approximate surface area is 231 Å². The van der Waals surface area contributed by atoms with E-state index in [1.807, 2.05) is 31.2 Å². The molecular weight excluding hydrogens is 512 g/mol. The van der Waals surface area contributed by atoms with Gasteiger partial charge in [-0.15, -0.1) is 0 Å². The Morgan fingerprint density at radius 2 is 1.79 bits per heavy atom. The first-order valence-electron chi connectivity index (χ1n) is 12.8. The van der Waals surface area contributed by atoms with Gasteiger partial charge >= 0.3 is 0 Å². The third kappa shape index (κ3) is 6.04. The maximum Gasteiger partial charge on any atom is 0.256 e. The zero-order valence-electron chi connectivity index (χ0n) is 21.4. The maximum atomic E-state index is 13.8. The number of anilines is 1. The summed E-state index contributed by atoms with van der Waals surface area (Å²) >= 11 is 6.18. The Kier molecular flexibility index (Phi) is 7.79. The van der Waals surface area contributed by atoms with Crippen LogP contribution in [0.5, 0.6) is 0 Å². The number of halogens is 1. The number of carbonyl (C=O) groups is 3. The van der Waals surface area contributed by atoms with E-state index in [1.165, 1.54) is 0 Å². The third-order valence-corrected chi connectivity index (χ3v) is 7.08. The van der Waals surface area contributed by atoms with Gasteiger partial charge in [0.25, 0.3) is 11.8 Å². The quantitative estimate of drug-likeness (QED) is 0.343. The molecule has 2 aromatic heterocycles. The molecule has 1 atom stereocenters. The van der Waals surface area contributed by atoms with Crippen LogP contribution in [-0.2, 0) is 30.6 Å². The van der Waals surface area contributed by atoms with Crippen molar-refractivity contribution < 1.29 is 14.4 Å². The molecule has 2 amide bonds. The standard InChI is InChI=1S/C31H27ClN4O3/c1-2-20-8-13-29(34-18-20)35-30(38)22-9-6-21(7-10-22)19-36-27(17-25-5-3-4-14-33-25)28(37)16-23-15-24(32)11-12-26(23)31(36)39/h3-15,18,27H,2,16-17,19H2,1H3,(H,34,35,38)/t27-/m1/s1. The van der Waals surface area contributed by atoms with Gasteiger partial charge in [-0.2, -0.15) is 0 Å². The van der Waals surface area contributed by atoms with Crippen molar-refractivity contribution in [2.45, 2.75) is 38.8 Å². The number of Topliss-reactive ketones (excluding diaryl/α,β-unsaturated/α-hetero) is 1. The first-order valence-corrected chi connectivity index (χ1v) is 13.2. The lowest BCUT2D eigenvalue weighted by Crippen LogP contribution is -2.44. The van der Waals surface area contributed by atoms with Gasteiger partial charge in [-0.1, -0.05) is 42.8 Å². The predicted molar refractivity (Wildman–Crippen MR) is 150 cm³/mol. The number of hydrogen-bond acceptors (Lipinski definition) is 5. The zero-order valence-corrected chi connectivity index (χ0v) is 22.2. The minimum absolute atomic E-state index is 0.0763. The number of rotatable bonds is 7. The van der Waals surface area contributed by atoms with Crippen LogP contribution in [-0.4, -0.2) is 38.5 Å². The highest BCUT2D eigenvalue weighted by Crippen LogP contribution is 2.27. The normalized spacial score (nSPS) is 15.0. The van der Waals surface area contributed by atoms with Crippen LogP contribution in [0.25, 0.3) is 0 Å². The predicted octanol–water partition coefficient (Wildman–Crippen LogP) is 5.32. The van der Waals surface area contributed by atoms with E-state index >= 15 is 0 Å². The van der Waals surface area contributed by atoms with E-state index in [4.69, 9.17) is 11.6 Å². The topological polar surface area (TPSA) is 92.3 Å². The summed E-state index contributed by atoms with van der Waals surface area (Å²) in [6, 6.07) is 20.6.